The normalized spacial score (nSPS) is 10.9. The van der Waals surface area contributed by atoms with E-state index in [1.54, 1.807) is 0 Å². The first-order chi connectivity index (χ1) is 11.3. The highest BCUT2D eigenvalue weighted by Crippen LogP contribution is 2.27. The van der Waals surface area contributed by atoms with Gasteiger partial charge in [-0.3, -0.25) is 9.59 Å². The Kier molecular flexibility index (Phi) is 5.61. The monoisotopic (exact) mass is 347 g/mol. The topological polar surface area (TPSA) is 103 Å². The number of rotatable bonds is 5. The fraction of sp³-hybridized carbons (Fsp3) is 0.375. The zero-order valence-corrected chi connectivity index (χ0v) is 15.0. The maximum Gasteiger partial charge on any atom is 0.294 e. The fourth-order valence-corrected chi connectivity index (χ4v) is 2.87. The molecular weight excluding hydrogens is 326 g/mol. The third-order valence-corrected chi connectivity index (χ3v) is 4.49. The number of nitrogens with one attached hydrogen (secondary N) is 1. The highest BCUT2D eigenvalue weighted by molar-refractivity contribution is 7.99. The van der Waals surface area contributed by atoms with Crippen LogP contribution in [0.3, 0.4) is 0 Å². The van der Waals surface area contributed by atoms with E-state index in [2.05, 4.69) is 29.4 Å². The number of carbonyl (C=O) groups excluding carboxylic acids is 1. The molecule has 8 heteroatoms. The molecule has 128 valence electrons. The number of nitrogen functional groups attached to an aromatic ring is 1. The molecule has 7 nitrogen and oxygen atoms in total. The second-order valence-corrected chi connectivity index (χ2v) is 6.72. The van der Waals surface area contributed by atoms with Crippen LogP contribution in [-0.2, 0) is 4.79 Å². The quantitative estimate of drug-likeness (QED) is 0.632. The Morgan fingerprint density at radius 3 is 2.71 bits per heavy atom. The van der Waals surface area contributed by atoms with Crippen LogP contribution in [0.25, 0.3) is 0 Å². The molecule has 0 atom stereocenters. The number of aromatic nitrogens is 3. The Morgan fingerprint density at radius 1 is 1.33 bits per heavy atom. The Morgan fingerprint density at radius 2 is 2.04 bits per heavy atom. The molecule has 2 rings (SSSR count). The number of hydrogen-bond acceptors (Lipinski definition) is 6. The predicted molar refractivity (Wildman–Crippen MR) is 95.8 cm³/mol. The van der Waals surface area contributed by atoms with E-state index in [9.17, 15) is 9.59 Å². The lowest BCUT2D eigenvalue weighted by molar-refractivity contribution is -0.113. The minimum absolute atomic E-state index is 0.0836. The van der Waals surface area contributed by atoms with Crippen molar-refractivity contribution < 1.29 is 4.79 Å². The molecule has 0 radical (unpaired) electrons. The lowest BCUT2D eigenvalue weighted by Crippen LogP contribution is -2.32. The Hall–Kier alpha value is -2.35. The van der Waals surface area contributed by atoms with Crippen LogP contribution in [0.15, 0.2) is 28.2 Å². The van der Waals surface area contributed by atoms with Crippen LogP contribution in [0.5, 0.6) is 0 Å². The van der Waals surface area contributed by atoms with Crippen molar-refractivity contribution in [2.45, 2.75) is 38.8 Å². The molecule has 0 saturated carbocycles. The van der Waals surface area contributed by atoms with E-state index >= 15 is 0 Å². The van der Waals surface area contributed by atoms with Crippen molar-refractivity contribution in [2.24, 2.45) is 0 Å². The zero-order chi connectivity index (χ0) is 17.9. The van der Waals surface area contributed by atoms with Gasteiger partial charge in [0.15, 0.2) is 0 Å². The maximum absolute atomic E-state index is 12.3. The van der Waals surface area contributed by atoms with Gasteiger partial charge in [-0.25, -0.2) is 0 Å². The van der Waals surface area contributed by atoms with Gasteiger partial charge in [0.1, 0.15) is 5.69 Å². The molecule has 0 aliphatic rings. The third-order valence-electron chi connectivity index (χ3n) is 3.54. The van der Waals surface area contributed by atoms with E-state index in [0.29, 0.717) is 5.92 Å². The number of amides is 1. The first-order valence-electron chi connectivity index (χ1n) is 7.54. The second kappa shape index (κ2) is 7.48. The van der Waals surface area contributed by atoms with E-state index < -0.39 is 5.56 Å². The molecule has 0 spiro atoms. The summed E-state index contributed by atoms with van der Waals surface area (Å²) in [6.07, 6.45) is 0. The summed E-state index contributed by atoms with van der Waals surface area (Å²) >= 11 is 1.07. The van der Waals surface area contributed by atoms with Crippen molar-refractivity contribution in [3.63, 3.8) is 0 Å². The van der Waals surface area contributed by atoms with E-state index in [0.717, 1.165) is 33.3 Å². The van der Waals surface area contributed by atoms with Crippen molar-refractivity contribution in [1.82, 2.24) is 14.9 Å². The summed E-state index contributed by atoms with van der Waals surface area (Å²) in [5, 5.41) is 10.7. The summed E-state index contributed by atoms with van der Waals surface area (Å²) in [7, 11) is 0. The van der Waals surface area contributed by atoms with Crippen LogP contribution < -0.4 is 16.7 Å². The number of nitrogens with two attached hydrogens (primary N) is 1. The van der Waals surface area contributed by atoms with Crippen molar-refractivity contribution in [3.8, 4) is 0 Å². The van der Waals surface area contributed by atoms with Gasteiger partial charge < -0.3 is 11.2 Å². The summed E-state index contributed by atoms with van der Waals surface area (Å²) in [5.41, 5.74) is 2.71. The standard InChI is InChI=1S/C16H21N5O2S/c1-9(2)12-7-5-6-10(3)14(12)18-13(22)8-24-16-20-19-11(4)15(23)21(16)17/h5-7,9H,8,17H2,1-4H3,(H,18,22). The highest BCUT2D eigenvalue weighted by atomic mass is 32.2. The summed E-state index contributed by atoms with van der Waals surface area (Å²) < 4.78 is 0.910. The molecule has 1 heterocycles. The largest absolute Gasteiger partial charge is 0.334 e. The van der Waals surface area contributed by atoms with E-state index in [-0.39, 0.29) is 22.5 Å². The molecule has 0 aliphatic carbocycles. The number of carbonyl (C=O) groups is 1. The summed E-state index contributed by atoms with van der Waals surface area (Å²) in [6.45, 7) is 7.64. The molecular formula is C16H21N5O2S. The van der Waals surface area contributed by atoms with Gasteiger partial charge in [-0.15, -0.1) is 10.2 Å². The molecule has 1 aromatic heterocycles. The Labute approximate surface area is 144 Å². The lowest BCUT2D eigenvalue weighted by Gasteiger charge is -2.16. The van der Waals surface area contributed by atoms with Crippen LogP contribution in [0, 0.1) is 13.8 Å². The van der Waals surface area contributed by atoms with Crippen LogP contribution in [-0.4, -0.2) is 26.5 Å². The smallest absolute Gasteiger partial charge is 0.294 e. The number of anilines is 1. The van der Waals surface area contributed by atoms with E-state index in [1.165, 1.54) is 6.92 Å². The second-order valence-electron chi connectivity index (χ2n) is 5.77. The molecule has 0 aliphatic heterocycles. The fourth-order valence-electron chi connectivity index (χ4n) is 2.22. The average molecular weight is 347 g/mol. The first-order valence-corrected chi connectivity index (χ1v) is 8.53. The molecule has 0 bridgehead atoms. The lowest BCUT2D eigenvalue weighted by atomic mass is 9.98. The molecule has 24 heavy (non-hydrogen) atoms. The van der Waals surface area contributed by atoms with Crippen LogP contribution in [0.4, 0.5) is 5.69 Å². The summed E-state index contributed by atoms with van der Waals surface area (Å²) in [6, 6.07) is 5.94. The average Bonchev–Trinajstić information content (AvgIpc) is 2.53. The number of para-hydroxylation sites is 1. The molecule has 0 fully saturated rings. The van der Waals surface area contributed by atoms with Crippen molar-refractivity contribution >= 4 is 23.4 Å². The molecule has 2 aromatic rings. The highest BCUT2D eigenvalue weighted by Gasteiger charge is 2.14. The van der Waals surface area contributed by atoms with Gasteiger partial charge in [-0.05, 0) is 30.9 Å². The molecule has 1 amide bonds. The number of hydrogen-bond donors (Lipinski definition) is 2. The van der Waals surface area contributed by atoms with Crippen molar-refractivity contribution in [3.05, 3.63) is 45.4 Å². The van der Waals surface area contributed by atoms with Gasteiger partial charge >= 0.3 is 0 Å². The molecule has 1 aromatic carbocycles. The SMILES string of the molecule is Cc1cccc(C(C)C)c1NC(=O)CSc1nnc(C)c(=O)n1N. The van der Waals surface area contributed by atoms with Gasteiger partial charge in [0.25, 0.3) is 5.56 Å². The predicted octanol–water partition coefficient (Wildman–Crippen LogP) is 1.82. The minimum Gasteiger partial charge on any atom is -0.334 e. The van der Waals surface area contributed by atoms with Gasteiger partial charge in [-0.1, -0.05) is 43.8 Å². The van der Waals surface area contributed by atoms with Gasteiger partial charge in [0.2, 0.25) is 11.1 Å². The van der Waals surface area contributed by atoms with Gasteiger partial charge in [0, 0.05) is 5.69 Å². The van der Waals surface area contributed by atoms with Crippen LogP contribution in [0.2, 0.25) is 0 Å². The van der Waals surface area contributed by atoms with E-state index in [4.69, 9.17) is 5.84 Å². The molecule has 0 saturated heterocycles. The molecule has 0 unspecified atom stereocenters. The number of aryl methyl sites for hydroxylation is 2. The number of thioether (sulfide) groups is 1. The first kappa shape index (κ1) is 18.0. The number of nitrogens with zero attached hydrogens (tertiary/aromatic N) is 3. The number of benzene rings is 1. The van der Waals surface area contributed by atoms with Crippen LogP contribution >= 0.6 is 11.8 Å². The van der Waals surface area contributed by atoms with Crippen molar-refractivity contribution in [1.29, 1.82) is 0 Å². The summed E-state index contributed by atoms with van der Waals surface area (Å²) in [5.74, 6) is 5.85. The Bertz CT molecular complexity index is 817. The van der Waals surface area contributed by atoms with Crippen molar-refractivity contribution in [2.75, 3.05) is 16.9 Å². The van der Waals surface area contributed by atoms with Crippen LogP contribution in [0.1, 0.15) is 36.6 Å². The Balaban J connectivity index is 2.10. The molecule has 3 N–H and O–H groups in total. The summed E-state index contributed by atoms with van der Waals surface area (Å²) in [4.78, 5) is 24.0. The maximum atomic E-state index is 12.3. The van der Waals surface area contributed by atoms with Gasteiger partial charge in [-0.2, -0.15) is 4.68 Å². The zero-order valence-electron chi connectivity index (χ0n) is 14.2. The van der Waals surface area contributed by atoms with E-state index in [1.807, 2.05) is 25.1 Å². The minimum atomic E-state index is -0.422. The van der Waals surface area contributed by atoms with Gasteiger partial charge in [0.05, 0.1) is 5.75 Å². The third kappa shape index (κ3) is 3.94.